The summed E-state index contributed by atoms with van der Waals surface area (Å²) in [6.45, 7) is 4.79. The molecule has 0 rings (SSSR count). The summed E-state index contributed by atoms with van der Waals surface area (Å²) in [4.78, 5) is 24.3. The molecule has 6 heteroatoms. The molecular formula is C50H91NO5. The van der Waals surface area contributed by atoms with Crippen molar-refractivity contribution >= 4 is 11.9 Å². The molecule has 0 aliphatic rings. The fourth-order valence-electron chi connectivity index (χ4n) is 6.85. The number of allylic oxidation sites excluding steroid dienone is 7. The van der Waals surface area contributed by atoms with Crippen LogP contribution in [-0.2, 0) is 14.3 Å². The van der Waals surface area contributed by atoms with Gasteiger partial charge in [0, 0.05) is 12.8 Å². The Bertz CT molecular complexity index is 957. The van der Waals surface area contributed by atoms with Gasteiger partial charge in [-0.2, -0.15) is 0 Å². The molecule has 0 heterocycles. The average Bonchev–Trinajstić information content (AvgIpc) is 3.20. The Morgan fingerprint density at radius 3 is 1.45 bits per heavy atom. The lowest BCUT2D eigenvalue weighted by Gasteiger charge is -2.19. The quantitative estimate of drug-likeness (QED) is 0.0325. The van der Waals surface area contributed by atoms with Gasteiger partial charge >= 0.3 is 5.97 Å². The van der Waals surface area contributed by atoms with E-state index in [1.165, 1.54) is 148 Å². The van der Waals surface area contributed by atoms with Gasteiger partial charge in [-0.15, -0.1) is 0 Å². The van der Waals surface area contributed by atoms with E-state index in [4.69, 9.17) is 4.74 Å². The third kappa shape index (κ3) is 41.5. The van der Waals surface area contributed by atoms with Crippen LogP contribution in [0, 0.1) is 0 Å². The number of rotatable bonds is 43. The number of aliphatic hydroxyl groups excluding tert-OH is 2. The summed E-state index contributed by atoms with van der Waals surface area (Å²) in [5.41, 5.74) is 0. The molecule has 6 nitrogen and oxygen atoms in total. The lowest BCUT2D eigenvalue weighted by atomic mass is 10.0. The average molecular weight is 786 g/mol. The first-order chi connectivity index (χ1) is 27.5. The van der Waals surface area contributed by atoms with Crippen LogP contribution in [0.25, 0.3) is 0 Å². The molecule has 0 bridgehead atoms. The van der Waals surface area contributed by atoms with E-state index >= 15 is 0 Å². The molecule has 0 fully saturated rings. The van der Waals surface area contributed by atoms with Crippen LogP contribution < -0.4 is 5.32 Å². The SMILES string of the molecule is CCCCC/C=C\CCCCCCCC(=O)OCCCCCCCC/C=C\C/C=C\CCC(=O)NC(CO)C(O)/C=C/CCCCCCCCCCCCCC. The standard InChI is InChI=1S/C50H91NO5/c1-3-5-7-9-11-13-15-17-19-22-26-30-34-38-42-48(53)47(46-52)51-49(54)43-39-35-31-27-23-20-18-21-25-29-33-37-41-45-56-50(55)44-40-36-32-28-24-16-14-12-10-8-6-4-2/h12,14,20,23,31,35,38,42,47-48,52-53H,3-11,13,15-19,21-22,24-30,32-34,36-37,39-41,43-46H2,1-2H3,(H,51,54)/b14-12-,23-20-,35-31-,42-38+. The minimum atomic E-state index is -0.879. The van der Waals surface area contributed by atoms with Crippen molar-refractivity contribution in [1.82, 2.24) is 5.32 Å². The molecule has 0 saturated carbocycles. The number of esters is 1. The number of carbonyl (C=O) groups is 2. The molecule has 1 amide bonds. The Labute approximate surface area is 346 Å². The highest BCUT2D eigenvalue weighted by Gasteiger charge is 2.17. The maximum Gasteiger partial charge on any atom is 0.305 e. The lowest BCUT2D eigenvalue weighted by molar-refractivity contribution is -0.143. The zero-order chi connectivity index (χ0) is 40.8. The molecule has 326 valence electrons. The number of carbonyl (C=O) groups excluding carboxylic acids is 2. The van der Waals surface area contributed by atoms with E-state index < -0.39 is 12.1 Å². The summed E-state index contributed by atoms with van der Waals surface area (Å²) in [7, 11) is 0. The van der Waals surface area contributed by atoms with Crippen LogP contribution in [0.2, 0.25) is 0 Å². The van der Waals surface area contributed by atoms with E-state index in [0.29, 0.717) is 25.9 Å². The van der Waals surface area contributed by atoms with E-state index in [1.807, 2.05) is 12.2 Å². The number of nitrogens with one attached hydrogen (secondary N) is 1. The highest BCUT2D eigenvalue weighted by molar-refractivity contribution is 5.76. The van der Waals surface area contributed by atoms with Crippen molar-refractivity contribution in [2.45, 2.75) is 244 Å². The normalized spacial score (nSPS) is 13.1. The Kier molecular flexibility index (Phi) is 43.7. The van der Waals surface area contributed by atoms with E-state index in [-0.39, 0.29) is 18.5 Å². The first-order valence-corrected chi connectivity index (χ1v) is 23.9. The van der Waals surface area contributed by atoms with E-state index in [2.05, 4.69) is 49.5 Å². The minimum absolute atomic E-state index is 0.0298. The molecule has 0 aliphatic carbocycles. The van der Waals surface area contributed by atoms with Gasteiger partial charge in [-0.25, -0.2) is 0 Å². The summed E-state index contributed by atoms with van der Waals surface area (Å²) in [5, 5.41) is 22.9. The second kappa shape index (κ2) is 45.5. The Balaban J connectivity index is 3.62. The van der Waals surface area contributed by atoms with Crippen molar-refractivity contribution in [3.63, 3.8) is 0 Å². The van der Waals surface area contributed by atoms with Gasteiger partial charge in [0.1, 0.15) is 0 Å². The topological polar surface area (TPSA) is 95.9 Å². The van der Waals surface area contributed by atoms with Crippen LogP contribution in [0.3, 0.4) is 0 Å². The number of ether oxygens (including phenoxy) is 1. The molecule has 2 atom stereocenters. The molecule has 0 spiro atoms. The van der Waals surface area contributed by atoms with E-state index in [0.717, 1.165) is 51.4 Å². The number of hydrogen-bond acceptors (Lipinski definition) is 5. The third-order valence-electron chi connectivity index (χ3n) is 10.6. The van der Waals surface area contributed by atoms with Gasteiger partial charge in [-0.05, 0) is 77.0 Å². The van der Waals surface area contributed by atoms with E-state index in [1.54, 1.807) is 6.08 Å². The zero-order valence-corrected chi connectivity index (χ0v) is 36.8. The highest BCUT2D eigenvalue weighted by atomic mass is 16.5. The summed E-state index contributed by atoms with van der Waals surface area (Å²) in [6.07, 6.45) is 55.4. The number of amides is 1. The van der Waals surface area contributed by atoms with Gasteiger partial charge in [-0.1, -0.05) is 191 Å². The zero-order valence-electron chi connectivity index (χ0n) is 36.8. The molecule has 2 unspecified atom stereocenters. The highest BCUT2D eigenvalue weighted by Crippen LogP contribution is 2.14. The predicted octanol–water partition coefficient (Wildman–Crippen LogP) is 13.9. The van der Waals surface area contributed by atoms with Crippen LogP contribution in [0.5, 0.6) is 0 Å². The molecule has 0 radical (unpaired) electrons. The Morgan fingerprint density at radius 2 is 0.911 bits per heavy atom. The fourth-order valence-corrected chi connectivity index (χ4v) is 6.85. The maximum absolute atomic E-state index is 12.4. The van der Waals surface area contributed by atoms with Crippen LogP contribution in [0.4, 0.5) is 0 Å². The Hall–Kier alpha value is -2.18. The fraction of sp³-hybridized carbons (Fsp3) is 0.800. The van der Waals surface area contributed by atoms with Crippen LogP contribution in [0.1, 0.15) is 232 Å². The Morgan fingerprint density at radius 1 is 0.500 bits per heavy atom. The smallest absolute Gasteiger partial charge is 0.305 e. The lowest BCUT2D eigenvalue weighted by Crippen LogP contribution is -2.45. The van der Waals surface area contributed by atoms with Crippen LogP contribution in [-0.4, -0.2) is 47.4 Å². The molecule has 3 N–H and O–H groups in total. The van der Waals surface area contributed by atoms with Gasteiger partial charge in [0.25, 0.3) is 0 Å². The van der Waals surface area contributed by atoms with Crippen LogP contribution in [0.15, 0.2) is 48.6 Å². The van der Waals surface area contributed by atoms with Crippen molar-refractivity contribution in [3.05, 3.63) is 48.6 Å². The third-order valence-corrected chi connectivity index (χ3v) is 10.6. The predicted molar refractivity (Wildman–Crippen MR) is 241 cm³/mol. The maximum atomic E-state index is 12.4. The molecular weight excluding hydrogens is 695 g/mol. The van der Waals surface area contributed by atoms with Crippen molar-refractivity contribution in [3.8, 4) is 0 Å². The summed E-state index contributed by atoms with van der Waals surface area (Å²) >= 11 is 0. The largest absolute Gasteiger partial charge is 0.466 e. The van der Waals surface area contributed by atoms with Crippen molar-refractivity contribution < 1.29 is 24.5 Å². The first kappa shape index (κ1) is 53.8. The molecule has 0 aromatic carbocycles. The summed E-state index contributed by atoms with van der Waals surface area (Å²) < 4.78 is 5.43. The van der Waals surface area contributed by atoms with Crippen molar-refractivity contribution in [1.29, 1.82) is 0 Å². The molecule has 56 heavy (non-hydrogen) atoms. The van der Waals surface area contributed by atoms with Crippen molar-refractivity contribution in [2.75, 3.05) is 13.2 Å². The second-order valence-corrected chi connectivity index (χ2v) is 16.1. The van der Waals surface area contributed by atoms with Crippen LogP contribution >= 0.6 is 0 Å². The molecule has 0 aromatic heterocycles. The van der Waals surface area contributed by atoms with Gasteiger partial charge in [0.05, 0.1) is 25.4 Å². The van der Waals surface area contributed by atoms with Gasteiger partial charge < -0.3 is 20.3 Å². The van der Waals surface area contributed by atoms with E-state index in [9.17, 15) is 19.8 Å². The number of unbranched alkanes of at least 4 members (excludes halogenated alkanes) is 26. The van der Waals surface area contributed by atoms with Gasteiger partial charge in [0.15, 0.2) is 0 Å². The second-order valence-electron chi connectivity index (χ2n) is 16.1. The first-order valence-electron chi connectivity index (χ1n) is 23.9. The summed E-state index contributed by atoms with van der Waals surface area (Å²) in [6, 6.07) is -0.672. The number of aliphatic hydroxyl groups is 2. The van der Waals surface area contributed by atoms with Gasteiger partial charge in [0.2, 0.25) is 5.91 Å². The molecule has 0 aromatic rings. The molecule has 0 saturated heterocycles. The van der Waals surface area contributed by atoms with Gasteiger partial charge in [-0.3, -0.25) is 9.59 Å². The number of hydrogen-bond donors (Lipinski definition) is 3. The molecule has 0 aliphatic heterocycles. The monoisotopic (exact) mass is 786 g/mol. The minimum Gasteiger partial charge on any atom is -0.466 e. The van der Waals surface area contributed by atoms with Crippen molar-refractivity contribution in [2.24, 2.45) is 0 Å². The summed E-state index contributed by atoms with van der Waals surface area (Å²) in [5.74, 6) is -0.181.